The highest BCUT2D eigenvalue weighted by molar-refractivity contribution is 6.29. The highest BCUT2D eigenvalue weighted by Crippen LogP contribution is 2.26. The number of halogens is 1. The van der Waals surface area contributed by atoms with Gasteiger partial charge in [0.2, 0.25) is 0 Å². The minimum Gasteiger partial charge on any atom is -0.371 e. The predicted molar refractivity (Wildman–Crippen MR) is 59.9 cm³/mol. The SMILES string of the molecule is CCC1CCN(c2ccnc(Cl)c2)C1. The summed E-state index contributed by atoms with van der Waals surface area (Å²) in [6.45, 7) is 4.57. The Balaban J connectivity index is 2.09. The van der Waals surface area contributed by atoms with Gasteiger partial charge in [-0.15, -0.1) is 0 Å². The van der Waals surface area contributed by atoms with Crippen molar-refractivity contribution < 1.29 is 0 Å². The van der Waals surface area contributed by atoms with Crippen LogP contribution in [-0.2, 0) is 0 Å². The molecule has 1 aliphatic heterocycles. The molecule has 1 aliphatic rings. The van der Waals surface area contributed by atoms with Gasteiger partial charge in [-0.05, 0) is 24.5 Å². The van der Waals surface area contributed by atoms with E-state index < -0.39 is 0 Å². The molecule has 3 heteroatoms. The Labute approximate surface area is 89.9 Å². The molecule has 1 unspecified atom stereocenters. The van der Waals surface area contributed by atoms with Crippen LogP contribution in [0.2, 0.25) is 5.15 Å². The molecule has 1 aromatic heterocycles. The highest BCUT2D eigenvalue weighted by atomic mass is 35.5. The normalized spacial score (nSPS) is 21.6. The summed E-state index contributed by atoms with van der Waals surface area (Å²) in [5.74, 6) is 0.849. The van der Waals surface area contributed by atoms with Gasteiger partial charge in [0.05, 0.1) is 0 Å². The van der Waals surface area contributed by atoms with Gasteiger partial charge < -0.3 is 4.90 Å². The molecule has 76 valence electrons. The molecule has 0 spiro atoms. The van der Waals surface area contributed by atoms with Crippen LogP contribution in [0.4, 0.5) is 5.69 Å². The summed E-state index contributed by atoms with van der Waals surface area (Å²) in [6, 6.07) is 3.98. The molecular weight excluding hydrogens is 196 g/mol. The molecular formula is C11H15ClN2. The molecule has 2 rings (SSSR count). The molecule has 2 nitrogen and oxygen atoms in total. The molecule has 0 aliphatic carbocycles. The smallest absolute Gasteiger partial charge is 0.131 e. The standard InChI is InChI=1S/C11H15ClN2/c1-2-9-4-6-14(8-9)10-3-5-13-11(12)7-10/h3,5,7,9H,2,4,6,8H2,1H3. The largest absolute Gasteiger partial charge is 0.371 e. The fourth-order valence-electron chi connectivity index (χ4n) is 1.99. The Morgan fingerprint density at radius 2 is 2.50 bits per heavy atom. The van der Waals surface area contributed by atoms with E-state index >= 15 is 0 Å². The van der Waals surface area contributed by atoms with Crippen molar-refractivity contribution in [2.24, 2.45) is 5.92 Å². The average molecular weight is 211 g/mol. The van der Waals surface area contributed by atoms with Gasteiger partial charge in [0.15, 0.2) is 0 Å². The van der Waals surface area contributed by atoms with E-state index in [4.69, 9.17) is 11.6 Å². The molecule has 0 N–H and O–H groups in total. The summed E-state index contributed by atoms with van der Waals surface area (Å²) in [5.41, 5.74) is 1.21. The van der Waals surface area contributed by atoms with Crippen molar-refractivity contribution in [2.75, 3.05) is 18.0 Å². The first-order valence-electron chi connectivity index (χ1n) is 5.16. The summed E-state index contributed by atoms with van der Waals surface area (Å²) in [4.78, 5) is 6.38. The summed E-state index contributed by atoms with van der Waals surface area (Å²) in [6.07, 6.45) is 4.35. The van der Waals surface area contributed by atoms with E-state index in [1.807, 2.05) is 12.1 Å². The van der Waals surface area contributed by atoms with Crippen molar-refractivity contribution in [3.05, 3.63) is 23.5 Å². The van der Waals surface area contributed by atoms with Gasteiger partial charge in [0, 0.05) is 25.0 Å². The molecule has 0 saturated carbocycles. The third kappa shape index (κ3) is 2.01. The molecule has 0 amide bonds. The summed E-state index contributed by atoms with van der Waals surface area (Å²) in [7, 11) is 0. The van der Waals surface area contributed by atoms with Crippen molar-refractivity contribution in [1.29, 1.82) is 0 Å². The van der Waals surface area contributed by atoms with Gasteiger partial charge in [-0.25, -0.2) is 4.98 Å². The average Bonchev–Trinajstić information content (AvgIpc) is 2.66. The lowest BCUT2D eigenvalue weighted by atomic mass is 10.1. The summed E-state index contributed by atoms with van der Waals surface area (Å²) >= 11 is 5.86. The second kappa shape index (κ2) is 4.18. The van der Waals surface area contributed by atoms with Gasteiger partial charge in [0.25, 0.3) is 0 Å². The minimum absolute atomic E-state index is 0.586. The molecule has 1 atom stereocenters. The maximum absolute atomic E-state index is 5.86. The monoisotopic (exact) mass is 210 g/mol. The molecule has 1 fully saturated rings. The molecule has 1 saturated heterocycles. The van der Waals surface area contributed by atoms with Gasteiger partial charge in [-0.1, -0.05) is 24.9 Å². The van der Waals surface area contributed by atoms with Crippen LogP contribution in [0.15, 0.2) is 18.3 Å². The van der Waals surface area contributed by atoms with Crippen LogP contribution < -0.4 is 4.90 Å². The number of rotatable bonds is 2. The number of nitrogens with zero attached hydrogens (tertiary/aromatic N) is 2. The van der Waals surface area contributed by atoms with E-state index in [1.165, 1.54) is 18.5 Å². The van der Waals surface area contributed by atoms with E-state index in [9.17, 15) is 0 Å². The van der Waals surface area contributed by atoms with Gasteiger partial charge in [0.1, 0.15) is 5.15 Å². The zero-order valence-corrected chi connectivity index (χ0v) is 9.17. The molecule has 0 bridgehead atoms. The van der Waals surface area contributed by atoms with Crippen LogP contribution >= 0.6 is 11.6 Å². The second-order valence-electron chi connectivity index (χ2n) is 3.85. The van der Waals surface area contributed by atoms with E-state index in [-0.39, 0.29) is 0 Å². The van der Waals surface area contributed by atoms with E-state index in [1.54, 1.807) is 6.20 Å². The molecule has 1 aromatic rings. The maximum atomic E-state index is 5.86. The molecule has 2 heterocycles. The van der Waals surface area contributed by atoms with Crippen LogP contribution in [0.5, 0.6) is 0 Å². The quantitative estimate of drug-likeness (QED) is 0.698. The third-order valence-electron chi connectivity index (χ3n) is 2.94. The zero-order chi connectivity index (χ0) is 9.97. The van der Waals surface area contributed by atoms with Gasteiger partial charge in [-0.2, -0.15) is 0 Å². The first kappa shape index (κ1) is 9.78. The summed E-state index contributed by atoms with van der Waals surface area (Å²) < 4.78 is 0. The Morgan fingerprint density at radius 1 is 1.64 bits per heavy atom. The fraction of sp³-hybridized carbons (Fsp3) is 0.545. The van der Waals surface area contributed by atoms with Crippen LogP contribution in [0.1, 0.15) is 19.8 Å². The minimum atomic E-state index is 0.586. The van der Waals surface area contributed by atoms with Crippen molar-refractivity contribution >= 4 is 17.3 Å². The van der Waals surface area contributed by atoms with Gasteiger partial charge in [-0.3, -0.25) is 0 Å². The topological polar surface area (TPSA) is 16.1 Å². The number of hydrogen-bond acceptors (Lipinski definition) is 2. The van der Waals surface area contributed by atoms with Crippen LogP contribution in [0.25, 0.3) is 0 Å². The Kier molecular flexibility index (Phi) is 2.92. The molecule has 0 radical (unpaired) electrons. The number of hydrogen-bond donors (Lipinski definition) is 0. The zero-order valence-electron chi connectivity index (χ0n) is 8.41. The highest BCUT2D eigenvalue weighted by Gasteiger charge is 2.20. The number of pyridine rings is 1. The Bertz CT molecular complexity index is 314. The van der Waals surface area contributed by atoms with Crippen molar-refractivity contribution in [3.8, 4) is 0 Å². The lowest BCUT2D eigenvalue weighted by Gasteiger charge is -2.18. The van der Waals surface area contributed by atoms with Gasteiger partial charge >= 0.3 is 0 Å². The fourth-order valence-corrected chi connectivity index (χ4v) is 2.16. The lowest BCUT2D eigenvalue weighted by Crippen LogP contribution is -2.19. The maximum Gasteiger partial charge on any atom is 0.131 e. The van der Waals surface area contributed by atoms with Crippen LogP contribution in [0, 0.1) is 5.92 Å². The van der Waals surface area contributed by atoms with Crippen LogP contribution in [0.3, 0.4) is 0 Å². The Hall–Kier alpha value is -0.760. The third-order valence-corrected chi connectivity index (χ3v) is 3.15. The van der Waals surface area contributed by atoms with Crippen molar-refractivity contribution in [1.82, 2.24) is 4.98 Å². The lowest BCUT2D eigenvalue weighted by molar-refractivity contribution is 0.569. The van der Waals surface area contributed by atoms with E-state index in [0.29, 0.717) is 5.15 Å². The Morgan fingerprint density at radius 3 is 3.14 bits per heavy atom. The van der Waals surface area contributed by atoms with Crippen molar-refractivity contribution in [3.63, 3.8) is 0 Å². The predicted octanol–water partition coefficient (Wildman–Crippen LogP) is 2.97. The summed E-state index contributed by atoms with van der Waals surface area (Å²) in [5, 5.41) is 0.586. The van der Waals surface area contributed by atoms with Crippen LogP contribution in [-0.4, -0.2) is 18.1 Å². The molecule has 0 aromatic carbocycles. The van der Waals surface area contributed by atoms with Crippen molar-refractivity contribution in [2.45, 2.75) is 19.8 Å². The number of aromatic nitrogens is 1. The van der Waals surface area contributed by atoms with E-state index in [0.717, 1.165) is 19.0 Å². The first-order valence-corrected chi connectivity index (χ1v) is 5.54. The van der Waals surface area contributed by atoms with E-state index in [2.05, 4.69) is 16.8 Å². The first-order chi connectivity index (χ1) is 6.79. The molecule has 14 heavy (non-hydrogen) atoms. The second-order valence-corrected chi connectivity index (χ2v) is 4.23. The number of anilines is 1.